The van der Waals surface area contributed by atoms with Crippen molar-refractivity contribution in [2.24, 2.45) is 5.92 Å². The van der Waals surface area contributed by atoms with Crippen molar-refractivity contribution < 1.29 is 9.84 Å². The lowest BCUT2D eigenvalue weighted by Gasteiger charge is -2.36. The third kappa shape index (κ3) is 2.53. The molecule has 0 bridgehead atoms. The second-order valence-electron chi connectivity index (χ2n) is 4.90. The highest BCUT2D eigenvalue weighted by atomic mass is 16.5. The number of para-hydroxylation sites is 1. The van der Waals surface area contributed by atoms with Crippen LogP contribution in [0.4, 0.5) is 11.4 Å². The van der Waals surface area contributed by atoms with Gasteiger partial charge in [0.05, 0.1) is 24.1 Å². The van der Waals surface area contributed by atoms with Gasteiger partial charge in [0.2, 0.25) is 0 Å². The molecule has 18 heavy (non-hydrogen) atoms. The van der Waals surface area contributed by atoms with Crippen LogP contribution in [0.2, 0.25) is 0 Å². The quantitative estimate of drug-likeness (QED) is 0.804. The first-order valence-corrected chi connectivity index (χ1v) is 6.57. The number of piperidine rings is 1. The van der Waals surface area contributed by atoms with Gasteiger partial charge < -0.3 is 20.5 Å². The summed E-state index contributed by atoms with van der Waals surface area (Å²) in [5, 5.41) is 9.96. The molecule has 3 N–H and O–H groups in total. The zero-order valence-corrected chi connectivity index (χ0v) is 11.1. The molecule has 1 saturated heterocycles. The summed E-state index contributed by atoms with van der Waals surface area (Å²) in [6.07, 6.45) is 0.702. The minimum Gasteiger partial charge on any atom is -0.492 e. The Morgan fingerprint density at radius 3 is 2.94 bits per heavy atom. The zero-order chi connectivity index (χ0) is 13.1. The number of ether oxygens (including phenoxy) is 1. The van der Waals surface area contributed by atoms with Crippen molar-refractivity contribution in [3.05, 3.63) is 18.2 Å². The van der Waals surface area contributed by atoms with Crippen molar-refractivity contribution in [3.63, 3.8) is 0 Å². The standard InChI is InChI=1S/C14H22N2O2/c1-3-18-13-6-4-5-11(14(13)15)16-8-7-10(2)12(17)9-16/h4-6,10,12,17H,3,7-9,15H2,1-2H3. The van der Waals surface area contributed by atoms with E-state index in [1.165, 1.54) is 0 Å². The summed E-state index contributed by atoms with van der Waals surface area (Å²) in [6, 6.07) is 5.81. The van der Waals surface area contributed by atoms with Gasteiger partial charge in [-0.05, 0) is 31.4 Å². The molecule has 4 nitrogen and oxygen atoms in total. The van der Waals surface area contributed by atoms with Crippen molar-refractivity contribution in [1.82, 2.24) is 0 Å². The first-order valence-electron chi connectivity index (χ1n) is 6.57. The van der Waals surface area contributed by atoms with E-state index in [1.54, 1.807) is 0 Å². The molecule has 100 valence electrons. The van der Waals surface area contributed by atoms with Crippen LogP contribution in [0.3, 0.4) is 0 Å². The summed E-state index contributed by atoms with van der Waals surface area (Å²) in [5.74, 6) is 1.08. The Bertz CT molecular complexity index is 409. The summed E-state index contributed by atoms with van der Waals surface area (Å²) in [4.78, 5) is 2.14. The Balaban J connectivity index is 2.20. The van der Waals surface area contributed by atoms with Gasteiger partial charge in [-0.2, -0.15) is 0 Å². The highest BCUT2D eigenvalue weighted by Crippen LogP contribution is 2.34. The number of nitrogens with zero attached hydrogens (tertiary/aromatic N) is 1. The predicted molar refractivity (Wildman–Crippen MR) is 74.0 cm³/mol. The van der Waals surface area contributed by atoms with E-state index in [2.05, 4.69) is 11.8 Å². The number of aliphatic hydroxyl groups excluding tert-OH is 1. The zero-order valence-electron chi connectivity index (χ0n) is 11.1. The lowest BCUT2D eigenvalue weighted by molar-refractivity contribution is 0.103. The molecular formula is C14H22N2O2. The van der Waals surface area contributed by atoms with Crippen LogP contribution < -0.4 is 15.4 Å². The van der Waals surface area contributed by atoms with Gasteiger partial charge in [0, 0.05) is 13.1 Å². The number of β-amino-alcohol motifs (C(OH)–C–C–N with tert-alkyl or cyclic N) is 1. The summed E-state index contributed by atoms with van der Waals surface area (Å²) >= 11 is 0. The number of nitrogen functional groups attached to an aromatic ring is 1. The normalized spacial score (nSPS) is 24.1. The molecule has 2 rings (SSSR count). The molecule has 0 radical (unpaired) electrons. The van der Waals surface area contributed by atoms with Crippen LogP contribution in [0.5, 0.6) is 5.75 Å². The fourth-order valence-corrected chi connectivity index (χ4v) is 2.36. The fourth-order valence-electron chi connectivity index (χ4n) is 2.36. The van der Waals surface area contributed by atoms with Gasteiger partial charge in [0.1, 0.15) is 5.75 Å². The van der Waals surface area contributed by atoms with Crippen LogP contribution in [0.15, 0.2) is 18.2 Å². The van der Waals surface area contributed by atoms with E-state index >= 15 is 0 Å². The summed E-state index contributed by atoms with van der Waals surface area (Å²) < 4.78 is 5.50. The van der Waals surface area contributed by atoms with Crippen LogP contribution in [-0.4, -0.2) is 30.9 Å². The van der Waals surface area contributed by atoms with Gasteiger partial charge in [-0.1, -0.05) is 13.0 Å². The van der Waals surface area contributed by atoms with E-state index in [0.717, 1.165) is 24.4 Å². The average Bonchev–Trinajstić information content (AvgIpc) is 2.36. The molecule has 1 aromatic carbocycles. The molecular weight excluding hydrogens is 228 g/mol. The first-order chi connectivity index (χ1) is 8.63. The highest BCUT2D eigenvalue weighted by Gasteiger charge is 2.25. The minimum absolute atomic E-state index is 0.283. The summed E-state index contributed by atoms with van der Waals surface area (Å²) in [7, 11) is 0. The number of aliphatic hydroxyl groups is 1. The highest BCUT2D eigenvalue weighted by molar-refractivity contribution is 5.74. The van der Waals surface area contributed by atoms with Crippen molar-refractivity contribution in [2.45, 2.75) is 26.4 Å². The largest absolute Gasteiger partial charge is 0.492 e. The third-order valence-electron chi connectivity index (χ3n) is 3.60. The molecule has 1 fully saturated rings. The molecule has 1 aliphatic heterocycles. The molecule has 4 heteroatoms. The molecule has 1 aliphatic rings. The van der Waals surface area contributed by atoms with Gasteiger partial charge in [0.25, 0.3) is 0 Å². The number of hydrogen-bond acceptors (Lipinski definition) is 4. The third-order valence-corrected chi connectivity index (χ3v) is 3.60. The van der Waals surface area contributed by atoms with Gasteiger partial charge in [-0.15, -0.1) is 0 Å². The molecule has 1 heterocycles. The predicted octanol–water partition coefficient (Wildman–Crippen LogP) is 1.87. The molecule has 0 amide bonds. The fraction of sp³-hybridized carbons (Fsp3) is 0.571. The van der Waals surface area contributed by atoms with Gasteiger partial charge in [-0.25, -0.2) is 0 Å². The minimum atomic E-state index is -0.283. The van der Waals surface area contributed by atoms with Gasteiger partial charge in [-0.3, -0.25) is 0 Å². The molecule has 0 aromatic heterocycles. The molecule has 2 unspecified atom stereocenters. The second-order valence-corrected chi connectivity index (χ2v) is 4.90. The summed E-state index contributed by atoms with van der Waals surface area (Å²) in [5.41, 5.74) is 7.76. The molecule has 0 aliphatic carbocycles. The maximum atomic E-state index is 9.96. The number of benzene rings is 1. The van der Waals surface area contributed by atoms with Crippen molar-refractivity contribution in [1.29, 1.82) is 0 Å². The second kappa shape index (κ2) is 5.48. The Hall–Kier alpha value is -1.42. The Morgan fingerprint density at radius 2 is 2.28 bits per heavy atom. The van der Waals surface area contributed by atoms with E-state index in [9.17, 15) is 5.11 Å². The number of nitrogens with two attached hydrogens (primary N) is 1. The SMILES string of the molecule is CCOc1cccc(N2CCC(C)C(O)C2)c1N. The molecule has 1 aromatic rings. The molecule has 2 atom stereocenters. The Labute approximate surface area is 108 Å². The van der Waals surface area contributed by atoms with Crippen molar-refractivity contribution in [3.8, 4) is 5.75 Å². The van der Waals surface area contributed by atoms with E-state index < -0.39 is 0 Å². The van der Waals surface area contributed by atoms with E-state index in [4.69, 9.17) is 10.5 Å². The van der Waals surface area contributed by atoms with Crippen molar-refractivity contribution >= 4 is 11.4 Å². The molecule has 0 saturated carbocycles. The molecule has 0 spiro atoms. The van der Waals surface area contributed by atoms with Gasteiger partial charge >= 0.3 is 0 Å². The van der Waals surface area contributed by atoms with Crippen LogP contribution in [0.25, 0.3) is 0 Å². The maximum Gasteiger partial charge on any atom is 0.144 e. The maximum absolute atomic E-state index is 9.96. The Morgan fingerprint density at radius 1 is 1.50 bits per heavy atom. The lowest BCUT2D eigenvalue weighted by Crippen LogP contribution is -2.43. The Kier molecular flexibility index (Phi) is 3.97. The smallest absolute Gasteiger partial charge is 0.144 e. The van der Waals surface area contributed by atoms with Crippen molar-refractivity contribution in [2.75, 3.05) is 30.3 Å². The topological polar surface area (TPSA) is 58.7 Å². The number of anilines is 2. The van der Waals surface area contributed by atoms with Gasteiger partial charge in [0.15, 0.2) is 0 Å². The monoisotopic (exact) mass is 250 g/mol. The summed E-state index contributed by atoms with van der Waals surface area (Å²) in [6.45, 7) is 6.20. The van der Waals surface area contributed by atoms with E-state index in [-0.39, 0.29) is 6.10 Å². The number of rotatable bonds is 3. The van der Waals surface area contributed by atoms with Crippen LogP contribution in [0.1, 0.15) is 20.3 Å². The van der Waals surface area contributed by atoms with Crippen LogP contribution >= 0.6 is 0 Å². The van der Waals surface area contributed by atoms with Crippen LogP contribution in [-0.2, 0) is 0 Å². The number of hydrogen-bond donors (Lipinski definition) is 2. The lowest BCUT2D eigenvalue weighted by atomic mass is 9.95. The van der Waals surface area contributed by atoms with Crippen LogP contribution in [0, 0.1) is 5.92 Å². The average molecular weight is 250 g/mol. The van der Waals surface area contributed by atoms with E-state index in [0.29, 0.717) is 24.8 Å². The van der Waals surface area contributed by atoms with E-state index in [1.807, 2.05) is 25.1 Å². The first kappa shape index (κ1) is 13.0.